The van der Waals surface area contributed by atoms with E-state index < -0.39 is 0 Å². The summed E-state index contributed by atoms with van der Waals surface area (Å²) in [5.41, 5.74) is 1.08. The average Bonchev–Trinajstić information content (AvgIpc) is 2.29. The van der Waals surface area contributed by atoms with Gasteiger partial charge >= 0.3 is 5.54 Å². The van der Waals surface area contributed by atoms with E-state index in [9.17, 15) is 0 Å². The SMILES string of the molecule is CCCCCC(Cc1ccccc1)B(Cl)Cl. The third kappa shape index (κ3) is 5.27. The summed E-state index contributed by atoms with van der Waals surface area (Å²) in [7, 11) is 0. The zero-order valence-corrected chi connectivity index (χ0v) is 11.3. The van der Waals surface area contributed by atoms with Crippen LogP contribution in [0.2, 0.25) is 5.82 Å². The molecule has 0 radical (unpaired) electrons. The lowest BCUT2D eigenvalue weighted by atomic mass is 9.76. The molecule has 0 saturated carbocycles. The highest BCUT2D eigenvalue weighted by Gasteiger charge is 2.21. The Labute approximate surface area is 109 Å². The molecule has 16 heavy (non-hydrogen) atoms. The second-order valence-electron chi connectivity index (χ2n) is 4.28. The fourth-order valence-electron chi connectivity index (χ4n) is 1.89. The Hall–Kier alpha value is -0.135. The maximum absolute atomic E-state index is 6.04. The molecule has 1 aromatic carbocycles. The summed E-state index contributed by atoms with van der Waals surface area (Å²) in [4.78, 5) is 0. The Morgan fingerprint density at radius 2 is 1.81 bits per heavy atom. The fourth-order valence-corrected chi connectivity index (χ4v) is 2.32. The molecule has 0 aliphatic carbocycles. The summed E-state index contributed by atoms with van der Waals surface area (Å²) >= 11 is 12.1. The number of rotatable bonds is 7. The largest absolute Gasteiger partial charge is 0.355 e. The van der Waals surface area contributed by atoms with Crippen LogP contribution in [0.25, 0.3) is 0 Å². The van der Waals surface area contributed by atoms with Gasteiger partial charge in [0.25, 0.3) is 0 Å². The molecule has 0 aliphatic rings. The molecule has 0 saturated heterocycles. The molecule has 0 spiro atoms. The molecule has 3 heteroatoms. The van der Waals surface area contributed by atoms with Crippen LogP contribution in [-0.4, -0.2) is 5.54 Å². The molecule has 0 nitrogen and oxygen atoms in total. The number of benzene rings is 1. The number of unbranched alkanes of at least 4 members (excludes halogenated alkanes) is 2. The van der Waals surface area contributed by atoms with Crippen LogP contribution in [0, 0.1) is 0 Å². The number of halogens is 2. The second kappa shape index (κ2) is 8.03. The summed E-state index contributed by atoms with van der Waals surface area (Å²) in [6, 6.07) is 10.5. The molecule has 0 heterocycles. The summed E-state index contributed by atoms with van der Waals surface area (Å²) in [6.07, 6.45) is 5.85. The van der Waals surface area contributed by atoms with Gasteiger partial charge in [-0.15, -0.1) is 0 Å². The predicted molar refractivity (Wildman–Crippen MR) is 75.5 cm³/mol. The van der Waals surface area contributed by atoms with Gasteiger partial charge in [-0.3, -0.25) is 0 Å². The van der Waals surface area contributed by atoms with E-state index in [0.29, 0.717) is 5.82 Å². The van der Waals surface area contributed by atoms with E-state index in [2.05, 4.69) is 31.2 Å². The van der Waals surface area contributed by atoms with Crippen molar-refractivity contribution >= 4 is 28.5 Å². The van der Waals surface area contributed by atoms with Crippen molar-refractivity contribution in [1.82, 2.24) is 0 Å². The first-order chi connectivity index (χ1) is 7.74. The van der Waals surface area contributed by atoms with Crippen molar-refractivity contribution in [1.29, 1.82) is 0 Å². The van der Waals surface area contributed by atoms with Crippen LogP contribution in [0.15, 0.2) is 30.3 Å². The Bertz CT molecular complexity index is 275. The molecule has 1 aromatic rings. The van der Waals surface area contributed by atoms with Gasteiger partial charge in [0.15, 0.2) is 0 Å². The van der Waals surface area contributed by atoms with Crippen molar-refractivity contribution in [2.45, 2.75) is 44.8 Å². The summed E-state index contributed by atoms with van der Waals surface area (Å²) in [5, 5.41) is 0. The molecular formula is C13H19BCl2. The molecule has 0 aromatic heterocycles. The first-order valence-electron chi connectivity index (χ1n) is 6.06. The third-order valence-corrected chi connectivity index (χ3v) is 3.59. The van der Waals surface area contributed by atoms with Gasteiger partial charge < -0.3 is 0 Å². The van der Waals surface area contributed by atoms with Crippen molar-refractivity contribution in [3.63, 3.8) is 0 Å². The smallest absolute Gasteiger partial charge is 0.171 e. The summed E-state index contributed by atoms with van der Waals surface area (Å²) < 4.78 is 0. The van der Waals surface area contributed by atoms with Crippen LogP contribution >= 0.6 is 22.9 Å². The van der Waals surface area contributed by atoms with Gasteiger partial charge in [-0.1, -0.05) is 62.9 Å². The van der Waals surface area contributed by atoms with Gasteiger partial charge in [-0.2, -0.15) is 22.9 Å². The lowest BCUT2D eigenvalue weighted by Crippen LogP contribution is -2.10. The van der Waals surface area contributed by atoms with Gasteiger partial charge in [-0.25, -0.2) is 0 Å². The summed E-state index contributed by atoms with van der Waals surface area (Å²) in [5.74, 6) is 0.386. The minimum absolute atomic E-state index is 0.253. The molecule has 88 valence electrons. The Balaban J connectivity index is 2.45. The van der Waals surface area contributed by atoms with Crippen LogP contribution in [-0.2, 0) is 6.42 Å². The van der Waals surface area contributed by atoms with Crippen molar-refractivity contribution < 1.29 is 0 Å². The highest BCUT2D eigenvalue weighted by Crippen LogP contribution is 2.28. The molecule has 0 amide bonds. The molecule has 1 unspecified atom stereocenters. The number of hydrogen-bond acceptors (Lipinski definition) is 0. The maximum atomic E-state index is 6.04. The van der Waals surface area contributed by atoms with Crippen LogP contribution in [0.3, 0.4) is 0 Å². The highest BCUT2D eigenvalue weighted by atomic mass is 35.5. The average molecular weight is 257 g/mol. The van der Waals surface area contributed by atoms with E-state index in [4.69, 9.17) is 22.9 Å². The first-order valence-corrected chi connectivity index (χ1v) is 6.93. The minimum atomic E-state index is -0.253. The molecule has 1 atom stereocenters. The van der Waals surface area contributed by atoms with E-state index in [-0.39, 0.29) is 5.54 Å². The van der Waals surface area contributed by atoms with E-state index in [1.165, 1.54) is 24.8 Å². The van der Waals surface area contributed by atoms with Crippen LogP contribution in [0.4, 0.5) is 0 Å². The molecule has 1 rings (SSSR count). The van der Waals surface area contributed by atoms with Crippen LogP contribution in [0.1, 0.15) is 38.2 Å². The maximum Gasteiger partial charge on any atom is 0.355 e. The Morgan fingerprint density at radius 3 is 2.38 bits per heavy atom. The third-order valence-electron chi connectivity index (χ3n) is 2.88. The lowest BCUT2D eigenvalue weighted by Gasteiger charge is -2.15. The van der Waals surface area contributed by atoms with Gasteiger partial charge in [0.1, 0.15) is 0 Å². The minimum Gasteiger partial charge on any atom is -0.171 e. The van der Waals surface area contributed by atoms with Crippen molar-refractivity contribution in [2.24, 2.45) is 0 Å². The van der Waals surface area contributed by atoms with E-state index in [1.807, 2.05) is 6.07 Å². The van der Waals surface area contributed by atoms with Gasteiger partial charge in [0.05, 0.1) is 0 Å². The van der Waals surface area contributed by atoms with E-state index in [0.717, 1.165) is 12.8 Å². The van der Waals surface area contributed by atoms with Crippen LogP contribution < -0.4 is 0 Å². The standard InChI is InChI=1S/C13H19BCl2/c1-2-3-5-10-13(14(15)16)11-12-8-6-4-7-9-12/h4,6-9,13H,2-3,5,10-11H2,1H3. The monoisotopic (exact) mass is 256 g/mol. The quantitative estimate of drug-likeness (QED) is 0.468. The fraction of sp³-hybridized carbons (Fsp3) is 0.538. The van der Waals surface area contributed by atoms with Crippen molar-refractivity contribution in [3.8, 4) is 0 Å². The predicted octanol–water partition coefficient (Wildman–Crippen LogP) is 5.15. The first kappa shape index (κ1) is 13.9. The van der Waals surface area contributed by atoms with E-state index in [1.54, 1.807) is 0 Å². The molecule has 0 aliphatic heterocycles. The normalized spacial score (nSPS) is 12.4. The van der Waals surface area contributed by atoms with Gasteiger partial charge in [0, 0.05) is 0 Å². The number of hydrogen-bond donors (Lipinski definition) is 0. The lowest BCUT2D eigenvalue weighted by molar-refractivity contribution is 0.629. The van der Waals surface area contributed by atoms with Crippen LogP contribution in [0.5, 0.6) is 0 Å². The topological polar surface area (TPSA) is 0 Å². The van der Waals surface area contributed by atoms with Crippen molar-refractivity contribution in [2.75, 3.05) is 0 Å². The van der Waals surface area contributed by atoms with Gasteiger partial charge in [-0.05, 0) is 17.8 Å². The molecule has 0 bridgehead atoms. The Morgan fingerprint density at radius 1 is 1.12 bits per heavy atom. The highest BCUT2D eigenvalue weighted by molar-refractivity contribution is 7.34. The summed E-state index contributed by atoms with van der Waals surface area (Å²) in [6.45, 7) is 2.21. The van der Waals surface area contributed by atoms with Gasteiger partial charge in [0.2, 0.25) is 0 Å². The Kier molecular flexibility index (Phi) is 6.99. The zero-order chi connectivity index (χ0) is 11.8. The van der Waals surface area contributed by atoms with E-state index >= 15 is 0 Å². The zero-order valence-electron chi connectivity index (χ0n) is 9.83. The molecule has 0 fully saturated rings. The molecule has 0 N–H and O–H groups in total. The van der Waals surface area contributed by atoms with Crippen molar-refractivity contribution in [3.05, 3.63) is 35.9 Å². The molecular weight excluding hydrogens is 238 g/mol. The second-order valence-corrected chi connectivity index (χ2v) is 5.44.